The van der Waals surface area contributed by atoms with E-state index in [-0.39, 0.29) is 19.2 Å². The van der Waals surface area contributed by atoms with Crippen LogP contribution in [0, 0.1) is 6.92 Å². The smallest absolute Gasteiger partial charge is 0.331 e. The average molecular weight is 427 g/mol. The highest BCUT2D eigenvalue weighted by Crippen LogP contribution is 2.26. The molecule has 29 heavy (non-hydrogen) atoms. The first-order chi connectivity index (χ1) is 14.0. The van der Waals surface area contributed by atoms with Gasteiger partial charge in [0.1, 0.15) is 19.0 Å². The lowest BCUT2D eigenvalue weighted by atomic mass is 10.2. The molecular weight excluding hydrogens is 407 g/mol. The lowest BCUT2D eigenvalue weighted by molar-refractivity contribution is -0.138. The van der Waals surface area contributed by atoms with E-state index in [1.54, 1.807) is 24.3 Å². The number of carbonyl (C=O) groups is 1. The van der Waals surface area contributed by atoms with E-state index in [4.69, 9.17) is 32.7 Å². The molecule has 0 radical (unpaired) electrons. The third kappa shape index (κ3) is 6.38. The van der Waals surface area contributed by atoms with Crippen molar-refractivity contribution in [3.8, 4) is 5.75 Å². The number of benzene rings is 3. The van der Waals surface area contributed by atoms with Gasteiger partial charge in [0.2, 0.25) is 0 Å². The van der Waals surface area contributed by atoms with Crippen molar-refractivity contribution in [1.82, 2.24) is 0 Å². The van der Waals surface area contributed by atoms with Gasteiger partial charge >= 0.3 is 5.97 Å². The second-order valence-electron chi connectivity index (χ2n) is 6.48. The maximum atomic E-state index is 11.9. The quantitative estimate of drug-likeness (QED) is 0.313. The summed E-state index contributed by atoms with van der Waals surface area (Å²) in [6.45, 7) is 2.54. The van der Waals surface area contributed by atoms with Gasteiger partial charge in [0.05, 0.1) is 0 Å². The van der Waals surface area contributed by atoms with E-state index in [1.807, 2.05) is 55.5 Å². The summed E-state index contributed by atoms with van der Waals surface area (Å²) < 4.78 is 11.0. The Balaban J connectivity index is 1.50. The fourth-order valence-corrected chi connectivity index (χ4v) is 3.06. The summed E-state index contributed by atoms with van der Waals surface area (Å²) in [5, 5.41) is 1.14. The Bertz CT molecular complexity index is 973. The number of rotatable bonds is 7. The Hall–Kier alpha value is -2.75. The molecule has 148 valence electrons. The van der Waals surface area contributed by atoms with Crippen LogP contribution in [0.3, 0.4) is 0 Å². The van der Waals surface area contributed by atoms with Crippen LogP contribution in [0.2, 0.25) is 10.0 Å². The van der Waals surface area contributed by atoms with E-state index >= 15 is 0 Å². The molecule has 0 aliphatic carbocycles. The Morgan fingerprint density at radius 2 is 1.55 bits per heavy atom. The topological polar surface area (TPSA) is 35.5 Å². The van der Waals surface area contributed by atoms with Crippen molar-refractivity contribution in [2.75, 3.05) is 0 Å². The zero-order valence-corrected chi connectivity index (χ0v) is 17.4. The summed E-state index contributed by atoms with van der Waals surface area (Å²) in [5.41, 5.74) is 3.73. The molecule has 0 aromatic heterocycles. The van der Waals surface area contributed by atoms with Crippen LogP contribution in [-0.2, 0) is 22.7 Å². The molecule has 0 fully saturated rings. The highest BCUT2D eigenvalue weighted by Gasteiger charge is 2.06. The van der Waals surface area contributed by atoms with Crippen LogP contribution in [0.1, 0.15) is 22.3 Å². The van der Waals surface area contributed by atoms with Gasteiger partial charge in [-0.05, 0) is 48.4 Å². The van der Waals surface area contributed by atoms with Crippen LogP contribution in [0.5, 0.6) is 5.75 Å². The van der Waals surface area contributed by atoms with Crippen molar-refractivity contribution in [2.45, 2.75) is 20.1 Å². The number of ether oxygens (including phenoxy) is 2. The number of hydrogen-bond acceptors (Lipinski definition) is 3. The average Bonchev–Trinajstić information content (AvgIpc) is 2.72. The zero-order valence-electron chi connectivity index (χ0n) is 15.9. The van der Waals surface area contributed by atoms with E-state index in [0.29, 0.717) is 15.8 Å². The van der Waals surface area contributed by atoms with E-state index in [0.717, 1.165) is 16.7 Å². The molecule has 0 saturated heterocycles. The lowest BCUT2D eigenvalue weighted by Crippen LogP contribution is -2.00. The molecule has 0 bridgehead atoms. The Morgan fingerprint density at radius 1 is 0.897 bits per heavy atom. The molecule has 3 rings (SSSR count). The van der Waals surface area contributed by atoms with E-state index in [2.05, 4.69) is 0 Å². The Kier molecular flexibility index (Phi) is 7.34. The monoisotopic (exact) mass is 426 g/mol. The second-order valence-corrected chi connectivity index (χ2v) is 7.30. The first kappa shape index (κ1) is 21.0. The summed E-state index contributed by atoms with van der Waals surface area (Å²) >= 11 is 12.3. The third-order valence-electron chi connectivity index (χ3n) is 4.24. The molecule has 0 atom stereocenters. The molecule has 0 saturated carbocycles. The fourth-order valence-electron chi connectivity index (χ4n) is 2.55. The summed E-state index contributed by atoms with van der Waals surface area (Å²) in [6.07, 6.45) is 3.11. The van der Waals surface area contributed by atoms with Crippen molar-refractivity contribution in [1.29, 1.82) is 0 Å². The molecule has 3 aromatic carbocycles. The maximum Gasteiger partial charge on any atom is 0.331 e. The fraction of sp³-hybridized carbons (Fsp3) is 0.125. The minimum absolute atomic E-state index is 0.251. The van der Waals surface area contributed by atoms with Crippen LogP contribution in [-0.4, -0.2) is 5.97 Å². The summed E-state index contributed by atoms with van der Waals surface area (Å²) in [4.78, 5) is 11.9. The summed E-state index contributed by atoms with van der Waals surface area (Å²) in [6, 6.07) is 20.6. The SMILES string of the molecule is Cc1ccc(COC(=O)/C=C/c2ccc(OCc3c(Cl)cccc3Cl)cc2)cc1. The molecule has 0 amide bonds. The van der Waals surface area contributed by atoms with E-state index < -0.39 is 0 Å². The number of halogens is 2. The van der Waals surface area contributed by atoms with Crippen molar-refractivity contribution < 1.29 is 14.3 Å². The minimum Gasteiger partial charge on any atom is -0.489 e. The van der Waals surface area contributed by atoms with Gasteiger partial charge in [0, 0.05) is 21.7 Å². The molecule has 3 aromatic rings. The van der Waals surface area contributed by atoms with Crippen LogP contribution in [0.25, 0.3) is 6.08 Å². The molecule has 0 aliphatic heterocycles. The zero-order chi connectivity index (χ0) is 20.6. The first-order valence-corrected chi connectivity index (χ1v) is 9.83. The van der Waals surface area contributed by atoms with Gasteiger partial charge in [0.15, 0.2) is 0 Å². The highest BCUT2D eigenvalue weighted by molar-refractivity contribution is 6.35. The van der Waals surface area contributed by atoms with E-state index in [1.165, 1.54) is 11.6 Å². The molecule has 5 heteroatoms. The Labute approximate surface area is 180 Å². The van der Waals surface area contributed by atoms with Crippen molar-refractivity contribution in [3.05, 3.63) is 105 Å². The van der Waals surface area contributed by atoms with Gasteiger partial charge in [-0.2, -0.15) is 0 Å². The third-order valence-corrected chi connectivity index (χ3v) is 4.95. The van der Waals surface area contributed by atoms with Crippen molar-refractivity contribution >= 4 is 35.2 Å². The lowest BCUT2D eigenvalue weighted by Gasteiger charge is -2.09. The van der Waals surface area contributed by atoms with Gasteiger partial charge in [0.25, 0.3) is 0 Å². The summed E-state index contributed by atoms with van der Waals surface area (Å²) in [7, 11) is 0. The molecule has 3 nitrogen and oxygen atoms in total. The second kappa shape index (κ2) is 10.1. The molecule has 0 unspecified atom stereocenters. The van der Waals surface area contributed by atoms with Crippen LogP contribution >= 0.6 is 23.2 Å². The normalized spacial score (nSPS) is 10.9. The molecule has 0 heterocycles. The predicted molar refractivity (Wildman–Crippen MR) is 117 cm³/mol. The molecule has 0 aliphatic rings. The molecule has 0 N–H and O–H groups in total. The van der Waals surface area contributed by atoms with Crippen molar-refractivity contribution in [3.63, 3.8) is 0 Å². The standard InChI is InChI=1S/C24H20Cl2O3/c1-17-5-7-19(8-6-17)15-29-24(27)14-11-18-9-12-20(13-10-18)28-16-21-22(25)3-2-4-23(21)26/h2-14H,15-16H2,1H3/b14-11+. The van der Waals surface area contributed by atoms with Crippen molar-refractivity contribution in [2.24, 2.45) is 0 Å². The van der Waals surface area contributed by atoms with Crippen LogP contribution in [0.15, 0.2) is 72.8 Å². The predicted octanol–water partition coefficient (Wildman–Crippen LogP) is 6.64. The van der Waals surface area contributed by atoms with Gasteiger partial charge in [-0.15, -0.1) is 0 Å². The first-order valence-electron chi connectivity index (χ1n) is 9.07. The van der Waals surface area contributed by atoms with Crippen LogP contribution in [0.4, 0.5) is 0 Å². The van der Waals surface area contributed by atoms with Crippen LogP contribution < -0.4 is 4.74 Å². The van der Waals surface area contributed by atoms with Gasteiger partial charge in [-0.25, -0.2) is 4.79 Å². The Morgan fingerprint density at radius 3 is 2.21 bits per heavy atom. The minimum atomic E-state index is -0.390. The highest BCUT2D eigenvalue weighted by atomic mass is 35.5. The maximum absolute atomic E-state index is 11.9. The van der Waals surface area contributed by atoms with Gasteiger partial charge in [-0.3, -0.25) is 0 Å². The number of esters is 1. The number of hydrogen-bond donors (Lipinski definition) is 0. The number of aryl methyl sites for hydroxylation is 1. The summed E-state index contributed by atoms with van der Waals surface area (Å²) in [5.74, 6) is 0.291. The molecular formula is C24H20Cl2O3. The molecule has 0 spiro atoms. The van der Waals surface area contributed by atoms with E-state index in [9.17, 15) is 4.79 Å². The van der Waals surface area contributed by atoms with Gasteiger partial charge in [-0.1, -0.05) is 71.2 Å². The largest absolute Gasteiger partial charge is 0.489 e. The van der Waals surface area contributed by atoms with Gasteiger partial charge < -0.3 is 9.47 Å². The number of carbonyl (C=O) groups excluding carboxylic acids is 1.